The third-order valence-electron chi connectivity index (χ3n) is 4.98. The summed E-state index contributed by atoms with van der Waals surface area (Å²) in [7, 11) is 0. The SMILES string of the molecule is Cc1nnc(C(=Cc2ccncc2)c2ccc(OCc3ccc4ccccc4n3)cc2)o1. The van der Waals surface area contributed by atoms with E-state index in [0.29, 0.717) is 18.4 Å². The molecule has 156 valence electrons. The van der Waals surface area contributed by atoms with E-state index < -0.39 is 0 Å². The lowest BCUT2D eigenvalue weighted by Gasteiger charge is -2.09. The first-order valence-corrected chi connectivity index (χ1v) is 10.2. The number of hydrogen-bond acceptors (Lipinski definition) is 6. The van der Waals surface area contributed by atoms with E-state index in [1.54, 1.807) is 19.3 Å². The molecule has 6 nitrogen and oxygen atoms in total. The maximum absolute atomic E-state index is 5.96. The monoisotopic (exact) mass is 420 g/mol. The first-order valence-electron chi connectivity index (χ1n) is 10.2. The molecule has 0 bridgehead atoms. The van der Waals surface area contributed by atoms with Gasteiger partial charge in [-0.2, -0.15) is 0 Å². The molecule has 0 aliphatic carbocycles. The van der Waals surface area contributed by atoms with Gasteiger partial charge in [0.25, 0.3) is 0 Å². The van der Waals surface area contributed by atoms with Crippen LogP contribution in [0.2, 0.25) is 0 Å². The minimum Gasteiger partial charge on any atom is -0.487 e. The highest BCUT2D eigenvalue weighted by Crippen LogP contribution is 2.27. The number of aromatic nitrogens is 4. The fourth-order valence-corrected chi connectivity index (χ4v) is 3.38. The van der Waals surface area contributed by atoms with Crippen LogP contribution >= 0.6 is 0 Å². The van der Waals surface area contributed by atoms with Gasteiger partial charge in [-0.15, -0.1) is 10.2 Å². The van der Waals surface area contributed by atoms with Crippen LogP contribution < -0.4 is 4.74 Å². The van der Waals surface area contributed by atoms with E-state index in [4.69, 9.17) is 9.15 Å². The zero-order valence-corrected chi connectivity index (χ0v) is 17.5. The molecule has 2 aromatic carbocycles. The normalized spacial score (nSPS) is 11.6. The number of fused-ring (bicyclic) bond motifs is 1. The number of nitrogens with zero attached hydrogens (tertiary/aromatic N) is 4. The Morgan fingerprint density at radius 2 is 1.72 bits per heavy atom. The van der Waals surface area contributed by atoms with Crippen LogP contribution in [0.5, 0.6) is 5.75 Å². The molecule has 0 fully saturated rings. The van der Waals surface area contributed by atoms with Gasteiger partial charge in [-0.25, -0.2) is 4.98 Å². The van der Waals surface area contributed by atoms with Gasteiger partial charge in [0.15, 0.2) is 0 Å². The fourth-order valence-electron chi connectivity index (χ4n) is 3.38. The average molecular weight is 420 g/mol. The van der Waals surface area contributed by atoms with Gasteiger partial charge in [0, 0.05) is 30.3 Å². The summed E-state index contributed by atoms with van der Waals surface area (Å²) in [5.41, 5.74) is 4.62. The van der Waals surface area contributed by atoms with Crippen LogP contribution in [-0.4, -0.2) is 20.2 Å². The maximum Gasteiger partial charge on any atom is 0.248 e. The first-order chi connectivity index (χ1) is 15.7. The van der Waals surface area contributed by atoms with Crippen molar-refractivity contribution in [2.24, 2.45) is 0 Å². The molecule has 0 saturated heterocycles. The van der Waals surface area contributed by atoms with Crippen LogP contribution in [0.3, 0.4) is 0 Å². The average Bonchev–Trinajstić information content (AvgIpc) is 3.28. The number of hydrogen-bond donors (Lipinski definition) is 0. The molecule has 0 aliphatic heterocycles. The van der Waals surface area contributed by atoms with Gasteiger partial charge in [0.1, 0.15) is 12.4 Å². The Hall–Kier alpha value is -4.32. The second-order valence-electron chi connectivity index (χ2n) is 7.27. The number of ether oxygens (including phenoxy) is 1. The van der Waals surface area contributed by atoms with Crippen molar-refractivity contribution in [1.82, 2.24) is 20.2 Å². The summed E-state index contributed by atoms with van der Waals surface area (Å²) < 4.78 is 11.7. The molecule has 0 spiro atoms. The van der Waals surface area contributed by atoms with E-state index >= 15 is 0 Å². The summed E-state index contributed by atoms with van der Waals surface area (Å²) in [5, 5.41) is 9.29. The van der Waals surface area contributed by atoms with Crippen molar-refractivity contribution in [3.8, 4) is 5.75 Å². The van der Waals surface area contributed by atoms with Crippen LogP contribution in [0.4, 0.5) is 0 Å². The van der Waals surface area contributed by atoms with Gasteiger partial charge in [-0.1, -0.05) is 36.4 Å². The van der Waals surface area contributed by atoms with Gasteiger partial charge in [0.05, 0.1) is 11.2 Å². The summed E-state index contributed by atoms with van der Waals surface area (Å²) in [6.45, 7) is 2.17. The molecular weight excluding hydrogens is 400 g/mol. The number of benzene rings is 2. The Morgan fingerprint density at radius 1 is 0.906 bits per heavy atom. The molecule has 0 saturated carbocycles. The highest BCUT2D eigenvalue weighted by Gasteiger charge is 2.13. The highest BCUT2D eigenvalue weighted by atomic mass is 16.5. The lowest BCUT2D eigenvalue weighted by atomic mass is 10.0. The maximum atomic E-state index is 5.96. The predicted molar refractivity (Wildman–Crippen MR) is 123 cm³/mol. The molecule has 0 aliphatic rings. The van der Waals surface area contributed by atoms with Gasteiger partial charge >= 0.3 is 0 Å². The predicted octanol–water partition coefficient (Wildman–Crippen LogP) is 5.49. The zero-order chi connectivity index (χ0) is 21.8. The molecule has 0 unspecified atom stereocenters. The van der Waals surface area contributed by atoms with Gasteiger partial charge in [0.2, 0.25) is 11.8 Å². The largest absolute Gasteiger partial charge is 0.487 e. The quantitative estimate of drug-likeness (QED) is 0.362. The molecular formula is C26H20N4O2. The minimum absolute atomic E-state index is 0.396. The van der Waals surface area contributed by atoms with Crippen molar-refractivity contribution in [2.75, 3.05) is 0 Å². The van der Waals surface area contributed by atoms with Crippen molar-refractivity contribution < 1.29 is 9.15 Å². The summed E-state index contributed by atoms with van der Waals surface area (Å²) >= 11 is 0. The molecule has 5 aromatic rings. The Labute approximate surface area is 185 Å². The van der Waals surface area contributed by atoms with Gasteiger partial charge < -0.3 is 9.15 Å². The Balaban J connectivity index is 1.37. The van der Waals surface area contributed by atoms with Crippen molar-refractivity contribution in [3.63, 3.8) is 0 Å². The third kappa shape index (κ3) is 4.39. The first kappa shape index (κ1) is 19.6. The van der Waals surface area contributed by atoms with Crippen LogP contribution in [-0.2, 0) is 6.61 Å². The van der Waals surface area contributed by atoms with E-state index in [0.717, 1.165) is 39.0 Å². The van der Waals surface area contributed by atoms with Crippen LogP contribution in [0.15, 0.2) is 89.6 Å². The van der Waals surface area contributed by atoms with E-state index in [1.165, 1.54) is 0 Å². The van der Waals surface area contributed by atoms with Gasteiger partial charge in [-0.3, -0.25) is 4.98 Å². The second kappa shape index (κ2) is 8.81. The van der Waals surface area contributed by atoms with Crippen molar-refractivity contribution in [3.05, 3.63) is 114 Å². The third-order valence-corrected chi connectivity index (χ3v) is 4.98. The van der Waals surface area contributed by atoms with E-state index in [1.807, 2.05) is 72.8 Å². The number of pyridine rings is 2. The number of rotatable bonds is 6. The highest BCUT2D eigenvalue weighted by molar-refractivity contribution is 5.88. The molecule has 5 rings (SSSR count). The summed E-state index contributed by atoms with van der Waals surface area (Å²) in [4.78, 5) is 8.73. The Morgan fingerprint density at radius 3 is 2.50 bits per heavy atom. The lowest BCUT2D eigenvalue weighted by Crippen LogP contribution is -1.98. The van der Waals surface area contributed by atoms with Crippen molar-refractivity contribution >= 4 is 22.6 Å². The topological polar surface area (TPSA) is 73.9 Å². The summed E-state index contributed by atoms with van der Waals surface area (Å²) in [5.74, 6) is 1.74. The van der Waals surface area contributed by atoms with Crippen molar-refractivity contribution in [2.45, 2.75) is 13.5 Å². The standard InChI is InChI=1S/C26H20N4O2/c1-18-29-30-26(32-18)24(16-19-12-14-27-15-13-19)20-7-10-23(11-8-20)31-17-22-9-6-21-4-2-3-5-25(21)28-22/h2-16H,17H2,1H3. The lowest BCUT2D eigenvalue weighted by molar-refractivity contribution is 0.302. The molecule has 32 heavy (non-hydrogen) atoms. The molecule has 3 heterocycles. The number of aryl methyl sites for hydroxylation is 1. The Bertz CT molecular complexity index is 1380. The van der Waals surface area contributed by atoms with E-state index in [2.05, 4.69) is 26.2 Å². The minimum atomic E-state index is 0.396. The fraction of sp³-hybridized carbons (Fsp3) is 0.0769. The zero-order valence-electron chi connectivity index (χ0n) is 17.5. The summed E-state index contributed by atoms with van der Waals surface area (Å²) in [6.07, 6.45) is 5.50. The van der Waals surface area contributed by atoms with Crippen LogP contribution in [0.1, 0.15) is 28.6 Å². The van der Waals surface area contributed by atoms with E-state index in [9.17, 15) is 0 Å². The smallest absolute Gasteiger partial charge is 0.248 e. The van der Waals surface area contributed by atoms with Crippen molar-refractivity contribution in [1.29, 1.82) is 0 Å². The Kier molecular flexibility index (Phi) is 5.41. The second-order valence-corrected chi connectivity index (χ2v) is 7.27. The molecule has 0 N–H and O–H groups in total. The molecule has 0 radical (unpaired) electrons. The van der Waals surface area contributed by atoms with Crippen LogP contribution in [0, 0.1) is 6.92 Å². The van der Waals surface area contributed by atoms with Crippen LogP contribution in [0.25, 0.3) is 22.6 Å². The summed E-state index contributed by atoms with van der Waals surface area (Å²) in [6, 6.07) is 23.8. The number of para-hydroxylation sites is 1. The molecule has 6 heteroatoms. The molecule has 0 amide bonds. The molecule has 3 aromatic heterocycles. The van der Waals surface area contributed by atoms with E-state index in [-0.39, 0.29) is 0 Å². The van der Waals surface area contributed by atoms with Gasteiger partial charge in [-0.05, 0) is 53.6 Å². The molecule has 0 atom stereocenters.